The first-order chi connectivity index (χ1) is 8.91. The number of nitrogens with zero attached hydrogens (tertiary/aromatic N) is 2. The fourth-order valence-electron chi connectivity index (χ4n) is 2.36. The van der Waals surface area contributed by atoms with Gasteiger partial charge in [0.1, 0.15) is 5.54 Å². The summed E-state index contributed by atoms with van der Waals surface area (Å²) in [5.74, 6) is 0. The molecule has 1 aliphatic carbocycles. The summed E-state index contributed by atoms with van der Waals surface area (Å²) in [5, 5.41) is 0. The molecular formula is C13H16N2O3S. The first kappa shape index (κ1) is 13.8. The SMILES string of the molecule is CN(c1ccccc1C1(N=C=O)CCC1)S(C)(=O)=O. The molecule has 5 nitrogen and oxygen atoms in total. The second kappa shape index (κ2) is 4.79. The fraction of sp³-hybridized carbons (Fsp3) is 0.462. The number of anilines is 1. The number of aliphatic imine (C=N–C) groups is 1. The number of rotatable bonds is 4. The maximum absolute atomic E-state index is 11.7. The first-order valence-electron chi connectivity index (χ1n) is 6.03. The number of sulfonamides is 1. The molecule has 1 fully saturated rings. The minimum Gasteiger partial charge on any atom is -0.273 e. The Bertz CT molecular complexity index is 629. The van der Waals surface area contributed by atoms with Gasteiger partial charge in [0.25, 0.3) is 0 Å². The van der Waals surface area contributed by atoms with Crippen molar-refractivity contribution in [1.82, 2.24) is 0 Å². The topological polar surface area (TPSA) is 66.8 Å². The second-order valence-electron chi connectivity index (χ2n) is 4.84. The molecule has 1 saturated carbocycles. The highest BCUT2D eigenvalue weighted by atomic mass is 32.2. The van der Waals surface area contributed by atoms with E-state index in [1.165, 1.54) is 11.4 Å². The molecule has 19 heavy (non-hydrogen) atoms. The molecule has 1 aromatic rings. The summed E-state index contributed by atoms with van der Waals surface area (Å²) in [7, 11) is -1.84. The molecule has 0 radical (unpaired) electrons. The summed E-state index contributed by atoms with van der Waals surface area (Å²) in [5.41, 5.74) is 0.748. The van der Waals surface area contributed by atoms with Gasteiger partial charge in [0, 0.05) is 12.6 Å². The van der Waals surface area contributed by atoms with Gasteiger partial charge in [-0.3, -0.25) is 4.31 Å². The normalized spacial score (nSPS) is 17.2. The van der Waals surface area contributed by atoms with Gasteiger partial charge < -0.3 is 0 Å². The van der Waals surface area contributed by atoms with Crippen LogP contribution in [0.5, 0.6) is 0 Å². The van der Waals surface area contributed by atoms with Crippen molar-refractivity contribution in [3.05, 3.63) is 29.8 Å². The van der Waals surface area contributed by atoms with Crippen LogP contribution >= 0.6 is 0 Å². The molecule has 0 heterocycles. The van der Waals surface area contributed by atoms with Crippen molar-refractivity contribution in [3.8, 4) is 0 Å². The number of carbonyl (C=O) groups excluding carboxylic acids is 1. The third kappa shape index (κ3) is 2.41. The monoisotopic (exact) mass is 280 g/mol. The number of hydrogen-bond acceptors (Lipinski definition) is 4. The Morgan fingerprint density at radius 1 is 1.32 bits per heavy atom. The van der Waals surface area contributed by atoms with Crippen molar-refractivity contribution in [1.29, 1.82) is 0 Å². The smallest absolute Gasteiger partial charge is 0.235 e. The molecule has 102 valence electrons. The van der Waals surface area contributed by atoms with Gasteiger partial charge in [-0.25, -0.2) is 13.2 Å². The van der Waals surface area contributed by atoms with Crippen molar-refractivity contribution in [3.63, 3.8) is 0 Å². The van der Waals surface area contributed by atoms with Gasteiger partial charge in [0.05, 0.1) is 11.9 Å². The van der Waals surface area contributed by atoms with Crippen molar-refractivity contribution in [2.45, 2.75) is 24.8 Å². The van der Waals surface area contributed by atoms with Crippen molar-refractivity contribution in [2.24, 2.45) is 4.99 Å². The zero-order chi connectivity index (χ0) is 14.1. The Kier molecular flexibility index (Phi) is 3.47. The average molecular weight is 280 g/mol. The van der Waals surface area contributed by atoms with E-state index in [4.69, 9.17) is 0 Å². The van der Waals surface area contributed by atoms with Gasteiger partial charge in [-0.2, -0.15) is 4.99 Å². The molecule has 1 aliphatic rings. The zero-order valence-electron chi connectivity index (χ0n) is 11.0. The highest BCUT2D eigenvalue weighted by molar-refractivity contribution is 7.92. The van der Waals surface area contributed by atoms with Crippen molar-refractivity contribution in [2.75, 3.05) is 17.6 Å². The van der Waals surface area contributed by atoms with Gasteiger partial charge in [-0.15, -0.1) is 0 Å². The standard InChI is InChI=1S/C13H16N2O3S/c1-15(19(2,17)18)12-7-4-3-6-11(12)13(14-10-16)8-5-9-13/h3-4,6-7H,5,8-9H2,1-2H3. The number of benzene rings is 1. The van der Waals surface area contributed by atoms with E-state index in [-0.39, 0.29) is 0 Å². The van der Waals surface area contributed by atoms with Crippen LogP contribution in [-0.2, 0) is 20.4 Å². The van der Waals surface area contributed by atoms with Crippen LogP contribution < -0.4 is 4.31 Å². The third-order valence-electron chi connectivity index (χ3n) is 3.68. The van der Waals surface area contributed by atoms with E-state index in [9.17, 15) is 13.2 Å². The van der Waals surface area contributed by atoms with E-state index in [0.717, 1.165) is 31.1 Å². The van der Waals surface area contributed by atoms with Crippen LogP contribution in [0.25, 0.3) is 0 Å². The van der Waals surface area contributed by atoms with Crippen LogP contribution in [-0.4, -0.2) is 27.8 Å². The second-order valence-corrected chi connectivity index (χ2v) is 6.85. The van der Waals surface area contributed by atoms with E-state index in [1.54, 1.807) is 18.2 Å². The largest absolute Gasteiger partial charge is 0.273 e. The van der Waals surface area contributed by atoms with E-state index in [0.29, 0.717) is 5.69 Å². The maximum atomic E-state index is 11.7. The third-order valence-corrected chi connectivity index (χ3v) is 4.87. The summed E-state index contributed by atoms with van der Waals surface area (Å²) in [6.07, 6.45) is 5.24. The molecule has 0 spiro atoms. The molecule has 1 aromatic carbocycles. The van der Waals surface area contributed by atoms with Gasteiger partial charge in [0.2, 0.25) is 16.1 Å². The molecule has 0 atom stereocenters. The highest BCUT2D eigenvalue weighted by Crippen LogP contribution is 2.48. The number of para-hydroxylation sites is 1. The first-order valence-corrected chi connectivity index (χ1v) is 7.88. The molecule has 0 amide bonds. The van der Waals surface area contributed by atoms with Crippen molar-refractivity contribution < 1.29 is 13.2 Å². The van der Waals surface area contributed by atoms with Gasteiger partial charge in [-0.1, -0.05) is 18.2 Å². The van der Waals surface area contributed by atoms with E-state index < -0.39 is 15.6 Å². The molecule has 0 bridgehead atoms. The summed E-state index contributed by atoms with van der Waals surface area (Å²) in [4.78, 5) is 14.6. The lowest BCUT2D eigenvalue weighted by Gasteiger charge is -2.39. The summed E-state index contributed by atoms with van der Waals surface area (Å²) in [6.45, 7) is 0. The quantitative estimate of drug-likeness (QED) is 0.624. The van der Waals surface area contributed by atoms with Gasteiger partial charge in [-0.05, 0) is 25.3 Å². The Morgan fingerprint density at radius 2 is 1.95 bits per heavy atom. The van der Waals surface area contributed by atoms with Crippen LogP contribution in [0.2, 0.25) is 0 Å². The molecule has 6 heteroatoms. The lowest BCUT2D eigenvalue weighted by Crippen LogP contribution is -2.35. The molecule has 0 unspecified atom stereocenters. The highest BCUT2D eigenvalue weighted by Gasteiger charge is 2.41. The van der Waals surface area contributed by atoms with Crippen LogP contribution in [0.1, 0.15) is 24.8 Å². The van der Waals surface area contributed by atoms with Crippen LogP contribution in [0.3, 0.4) is 0 Å². The predicted molar refractivity (Wildman–Crippen MR) is 73.3 cm³/mol. The zero-order valence-corrected chi connectivity index (χ0v) is 11.8. The molecule has 0 aromatic heterocycles. The minimum absolute atomic E-state index is 0.573. The van der Waals surface area contributed by atoms with Crippen LogP contribution in [0.15, 0.2) is 29.3 Å². The fourth-order valence-corrected chi connectivity index (χ4v) is 2.88. The summed E-state index contributed by atoms with van der Waals surface area (Å²) >= 11 is 0. The Morgan fingerprint density at radius 3 is 2.42 bits per heavy atom. The van der Waals surface area contributed by atoms with E-state index in [2.05, 4.69) is 4.99 Å². The summed E-state index contributed by atoms with van der Waals surface area (Å²) < 4.78 is 24.6. The minimum atomic E-state index is -3.34. The van der Waals surface area contributed by atoms with Gasteiger partial charge >= 0.3 is 0 Å². The molecule has 0 aliphatic heterocycles. The Labute approximate surface area is 113 Å². The molecule has 0 saturated heterocycles. The number of isocyanates is 1. The summed E-state index contributed by atoms with van der Waals surface area (Å²) in [6, 6.07) is 7.17. The van der Waals surface area contributed by atoms with Crippen LogP contribution in [0, 0.1) is 0 Å². The molecule has 2 rings (SSSR count). The average Bonchev–Trinajstić information content (AvgIpc) is 2.32. The Balaban J connectivity index is 2.56. The molecular weight excluding hydrogens is 264 g/mol. The van der Waals surface area contributed by atoms with Crippen LogP contribution in [0.4, 0.5) is 5.69 Å². The molecule has 0 N–H and O–H groups in total. The van der Waals surface area contributed by atoms with E-state index in [1.807, 2.05) is 12.1 Å². The maximum Gasteiger partial charge on any atom is 0.235 e. The Hall–Kier alpha value is -1.65. The lowest BCUT2D eigenvalue weighted by molar-refractivity contribution is 0.256. The van der Waals surface area contributed by atoms with E-state index >= 15 is 0 Å². The van der Waals surface area contributed by atoms with Gasteiger partial charge in [0.15, 0.2) is 0 Å². The van der Waals surface area contributed by atoms with Crippen molar-refractivity contribution >= 4 is 21.8 Å². The predicted octanol–water partition coefficient (Wildman–Crippen LogP) is 1.80. The lowest BCUT2D eigenvalue weighted by atomic mass is 9.72. The number of hydrogen-bond donors (Lipinski definition) is 0.